The van der Waals surface area contributed by atoms with Crippen LogP contribution in [0.3, 0.4) is 0 Å². The molecule has 0 spiro atoms. The van der Waals surface area contributed by atoms with Crippen molar-refractivity contribution in [1.29, 1.82) is 0 Å². The van der Waals surface area contributed by atoms with Gasteiger partial charge in [0.05, 0.1) is 29.3 Å². The molecule has 0 radical (unpaired) electrons. The van der Waals surface area contributed by atoms with Gasteiger partial charge in [0.1, 0.15) is 5.75 Å². The van der Waals surface area contributed by atoms with Crippen molar-refractivity contribution in [2.24, 2.45) is 5.92 Å². The third kappa shape index (κ3) is 4.64. The molecule has 2 aromatic carbocycles. The predicted molar refractivity (Wildman–Crippen MR) is 122 cm³/mol. The predicted octanol–water partition coefficient (Wildman–Crippen LogP) is 3.57. The third-order valence-corrected chi connectivity index (χ3v) is 7.53. The molecule has 3 aromatic rings. The lowest BCUT2D eigenvalue weighted by molar-refractivity contribution is -0.120. The highest BCUT2D eigenvalue weighted by Gasteiger charge is 2.33. The molecule has 1 amide bonds. The lowest BCUT2D eigenvalue weighted by atomic mass is 9.98. The SMILES string of the molecule is COc1ccc(S(=O)(=O)N2CCCC(C(=O)Nc3cc(Cl)ccc3-n3cccn3)C2)cc1. The van der Waals surface area contributed by atoms with Crippen LogP contribution < -0.4 is 10.1 Å². The molecule has 1 N–H and O–H groups in total. The molecule has 0 aliphatic carbocycles. The van der Waals surface area contributed by atoms with Gasteiger partial charge in [-0.2, -0.15) is 9.40 Å². The van der Waals surface area contributed by atoms with Gasteiger partial charge in [0.15, 0.2) is 0 Å². The summed E-state index contributed by atoms with van der Waals surface area (Å²) in [5.74, 6) is -0.161. The molecule has 1 unspecified atom stereocenters. The zero-order valence-electron chi connectivity index (χ0n) is 17.4. The average molecular weight is 475 g/mol. The van der Waals surface area contributed by atoms with Crippen LogP contribution in [0.15, 0.2) is 65.8 Å². The fourth-order valence-corrected chi connectivity index (χ4v) is 5.42. The van der Waals surface area contributed by atoms with Crippen LogP contribution in [0.25, 0.3) is 5.69 Å². The van der Waals surface area contributed by atoms with Gasteiger partial charge in [-0.05, 0) is 61.4 Å². The molecule has 1 aromatic heterocycles. The molecule has 0 bridgehead atoms. The summed E-state index contributed by atoms with van der Waals surface area (Å²) in [7, 11) is -2.19. The van der Waals surface area contributed by atoms with Gasteiger partial charge in [-0.15, -0.1) is 0 Å². The number of amides is 1. The number of carbonyl (C=O) groups excluding carboxylic acids is 1. The summed E-state index contributed by atoms with van der Waals surface area (Å²) in [6.07, 6.45) is 4.60. The van der Waals surface area contributed by atoms with Crippen LogP contribution in [0.2, 0.25) is 5.02 Å². The van der Waals surface area contributed by atoms with E-state index in [1.54, 1.807) is 53.5 Å². The number of nitrogens with zero attached hydrogens (tertiary/aromatic N) is 3. The zero-order valence-corrected chi connectivity index (χ0v) is 19.0. The summed E-state index contributed by atoms with van der Waals surface area (Å²) < 4.78 is 34.3. The number of halogens is 1. The number of methoxy groups -OCH3 is 1. The lowest BCUT2D eigenvalue weighted by Crippen LogP contribution is -2.43. The number of hydrogen-bond donors (Lipinski definition) is 1. The highest BCUT2D eigenvalue weighted by molar-refractivity contribution is 7.89. The minimum absolute atomic E-state index is 0.109. The van der Waals surface area contributed by atoms with E-state index >= 15 is 0 Å². The van der Waals surface area contributed by atoms with E-state index in [9.17, 15) is 13.2 Å². The summed E-state index contributed by atoms with van der Waals surface area (Å²) in [5, 5.41) is 7.60. The van der Waals surface area contributed by atoms with E-state index in [0.29, 0.717) is 41.5 Å². The molecule has 1 atom stereocenters. The van der Waals surface area contributed by atoms with E-state index in [1.165, 1.54) is 23.5 Å². The molecule has 10 heteroatoms. The van der Waals surface area contributed by atoms with Crippen LogP contribution in [-0.2, 0) is 14.8 Å². The van der Waals surface area contributed by atoms with Gasteiger partial charge in [0.25, 0.3) is 0 Å². The molecule has 1 aliphatic heterocycles. The van der Waals surface area contributed by atoms with Crippen LogP contribution in [0.5, 0.6) is 5.75 Å². The Labute approximate surface area is 191 Å². The molecule has 168 valence electrons. The second-order valence-electron chi connectivity index (χ2n) is 7.48. The summed E-state index contributed by atoms with van der Waals surface area (Å²) in [6, 6.07) is 13.2. The minimum Gasteiger partial charge on any atom is -0.497 e. The Morgan fingerprint density at radius 3 is 2.69 bits per heavy atom. The number of nitrogens with one attached hydrogen (secondary N) is 1. The van der Waals surface area contributed by atoms with Crippen LogP contribution in [0.4, 0.5) is 5.69 Å². The van der Waals surface area contributed by atoms with Crippen molar-refractivity contribution >= 4 is 33.2 Å². The number of rotatable bonds is 6. The van der Waals surface area contributed by atoms with Gasteiger partial charge in [-0.1, -0.05) is 11.6 Å². The van der Waals surface area contributed by atoms with Crippen LogP contribution in [0.1, 0.15) is 12.8 Å². The van der Waals surface area contributed by atoms with Crippen LogP contribution in [-0.4, -0.2) is 48.6 Å². The molecular weight excluding hydrogens is 452 g/mol. The van der Waals surface area contributed by atoms with Gasteiger partial charge in [-0.3, -0.25) is 4.79 Å². The molecule has 8 nitrogen and oxygen atoms in total. The van der Waals surface area contributed by atoms with E-state index in [-0.39, 0.29) is 17.3 Å². The first-order valence-corrected chi connectivity index (χ1v) is 11.9. The van der Waals surface area contributed by atoms with E-state index < -0.39 is 15.9 Å². The van der Waals surface area contributed by atoms with Crippen molar-refractivity contribution in [1.82, 2.24) is 14.1 Å². The summed E-state index contributed by atoms with van der Waals surface area (Å²) >= 11 is 6.14. The second-order valence-corrected chi connectivity index (χ2v) is 9.85. The number of sulfonamides is 1. The number of carbonyl (C=O) groups is 1. The zero-order chi connectivity index (χ0) is 22.7. The van der Waals surface area contributed by atoms with E-state index in [2.05, 4.69) is 10.4 Å². The quantitative estimate of drug-likeness (QED) is 0.589. The number of benzene rings is 2. The Kier molecular flexibility index (Phi) is 6.50. The first kappa shape index (κ1) is 22.3. The summed E-state index contributed by atoms with van der Waals surface area (Å²) in [4.78, 5) is 13.2. The first-order valence-electron chi connectivity index (χ1n) is 10.1. The maximum Gasteiger partial charge on any atom is 0.243 e. The van der Waals surface area contributed by atoms with Gasteiger partial charge in [0, 0.05) is 30.5 Å². The largest absolute Gasteiger partial charge is 0.497 e. The smallest absolute Gasteiger partial charge is 0.243 e. The topological polar surface area (TPSA) is 93.5 Å². The summed E-state index contributed by atoms with van der Waals surface area (Å²) in [5.41, 5.74) is 1.19. The summed E-state index contributed by atoms with van der Waals surface area (Å²) in [6.45, 7) is 0.478. The Morgan fingerprint density at radius 1 is 1.22 bits per heavy atom. The van der Waals surface area contributed by atoms with Crippen molar-refractivity contribution in [2.75, 3.05) is 25.5 Å². The van der Waals surface area contributed by atoms with Crippen molar-refractivity contribution < 1.29 is 17.9 Å². The third-order valence-electron chi connectivity index (χ3n) is 5.42. The first-order chi connectivity index (χ1) is 15.4. The number of hydrogen-bond acceptors (Lipinski definition) is 5. The van der Waals surface area contributed by atoms with Gasteiger partial charge in [-0.25, -0.2) is 13.1 Å². The number of aromatic nitrogens is 2. The van der Waals surface area contributed by atoms with Gasteiger partial charge >= 0.3 is 0 Å². The fraction of sp³-hybridized carbons (Fsp3) is 0.273. The van der Waals surface area contributed by atoms with Crippen molar-refractivity contribution in [3.63, 3.8) is 0 Å². The maximum atomic E-state index is 13.1. The average Bonchev–Trinajstić information content (AvgIpc) is 3.34. The Balaban J connectivity index is 1.51. The standard InChI is InChI=1S/C22H23ClN4O4S/c1-31-18-6-8-19(9-7-18)32(29,30)26-12-2-4-16(15-26)22(28)25-20-14-17(23)5-10-21(20)27-13-3-11-24-27/h3,5-11,13-14,16H,2,4,12,15H2,1H3,(H,25,28). The molecule has 32 heavy (non-hydrogen) atoms. The van der Waals surface area contributed by atoms with Crippen molar-refractivity contribution in [3.8, 4) is 11.4 Å². The molecule has 1 saturated heterocycles. The monoisotopic (exact) mass is 474 g/mol. The normalized spacial score (nSPS) is 17.1. The molecule has 0 saturated carbocycles. The minimum atomic E-state index is -3.71. The molecule has 1 fully saturated rings. The van der Waals surface area contributed by atoms with Gasteiger partial charge < -0.3 is 10.1 Å². The van der Waals surface area contributed by atoms with Crippen LogP contribution in [0, 0.1) is 5.92 Å². The molecule has 4 rings (SSSR count). The molecular formula is C22H23ClN4O4S. The fourth-order valence-electron chi connectivity index (χ4n) is 3.73. The van der Waals surface area contributed by atoms with Crippen molar-refractivity contribution in [2.45, 2.75) is 17.7 Å². The number of piperidine rings is 1. The van der Waals surface area contributed by atoms with E-state index in [1.807, 2.05) is 0 Å². The molecule has 2 heterocycles. The maximum absolute atomic E-state index is 13.1. The number of anilines is 1. The number of ether oxygens (including phenoxy) is 1. The van der Waals surface area contributed by atoms with E-state index in [0.717, 1.165) is 0 Å². The van der Waals surface area contributed by atoms with Crippen LogP contribution >= 0.6 is 11.6 Å². The Hall–Kier alpha value is -2.88. The highest BCUT2D eigenvalue weighted by Crippen LogP contribution is 2.28. The van der Waals surface area contributed by atoms with Crippen molar-refractivity contribution in [3.05, 3.63) is 65.9 Å². The second kappa shape index (κ2) is 9.32. The Morgan fingerprint density at radius 2 is 2.00 bits per heavy atom. The van der Waals surface area contributed by atoms with E-state index in [4.69, 9.17) is 16.3 Å². The van der Waals surface area contributed by atoms with Gasteiger partial charge in [0.2, 0.25) is 15.9 Å². The Bertz CT molecular complexity index is 1200. The highest BCUT2D eigenvalue weighted by atomic mass is 35.5. The lowest BCUT2D eigenvalue weighted by Gasteiger charge is -2.31. The molecule has 1 aliphatic rings.